The van der Waals surface area contributed by atoms with Crippen molar-refractivity contribution in [1.29, 1.82) is 0 Å². The molecule has 7 heteroatoms. The molecule has 1 N–H and O–H groups in total. The molecule has 1 aromatic rings. The summed E-state index contributed by atoms with van der Waals surface area (Å²) < 4.78 is 33.6. The Morgan fingerprint density at radius 2 is 2.42 bits per heavy atom. The Hall–Kier alpha value is -0.920. The lowest BCUT2D eigenvalue weighted by Crippen LogP contribution is -2.39. The molecule has 1 aromatic heterocycles. The molecule has 2 rings (SSSR count). The molecule has 1 aliphatic heterocycles. The van der Waals surface area contributed by atoms with Gasteiger partial charge in [-0.15, -0.1) is 0 Å². The maximum absolute atomic E-state index is 11.9. The Morgan fingerprint density at radius 1 is 1.63 bits per heavy atom. The molecule has 0 spiro atoms. The highest BCUT2D eigenvalue weighted by Crippen LogP contribution is 2.18. The van der Waals surface area contributed by atoms with Gasteiger partial charge in [-0.2, -0.15) is 0 Å². The van der Waals surface area contributed by atoms with Gasteiger partial charge in [0.15, 0.2) is 0 Å². The second kappa shape index (κ2) is 6.02. The Morgan fingerprint density at radius 3 is 3.16 bits per heavy atom. The first kappa shape index (κ1) is 14.5. The summed E-state index contributed by atoms with van der Waals surface area (Å²) in [4.78, 5) is 4.28. The van der Waals surface area contributed by atoms with E-state index in [0.29, 0.717) is 12.5 Å². The number of aromatic nitrogens is 2. The van der Waals surface area contributed by atoms with Crippen LogP contribution in [0.1, 0.15) is 19.2 Å². The van der Waals surface area contributed by atoms with E-state index < -0.39 is 15.3 Å². The molecule has 19 heavy (non-hydrogen) atoms. The number of nitrogens with one attached hydrogen (secondary N) is 1. The summed E-state index contributed by atoms with van der Waals surface area (Å²) in [5.74, 6) is 1.36. The first-order valence-corrected chi connectivity index (χ1v) is 8.05. The average molecular weight is 287 g/mol. The van der Waals surface area contributed by atoms with E-state index in [1.54, 1.807) is 13.1 Å². The number of nitrogens with zero attached hydrogens (tertiary/aromatic N) is 2. The van der Waals surface area contributed by atoms with E-state index in [0.717, 1.165) is 25.2 Å². The maximum Gasteiger partial charge on any atom is 0.216 e. The van der Waals surface area contributed by atoms with E-state index in [-0.39, 0.29) is 6.61 Å². The first-order valence-electron chi connectivity index (χ1n) is 6.50. The quantitative estimate of drug-likeness (QED) is 0.822. The van der Waals surface area contributed by atoms with Crippen LogP contribution in [0.3, 0.4) is 0 Å². The maximum atomic E-state index is 11.9. The van der Waals surface area contributed by atoms with Crippen molar-refractivity contribution in [2.24, 2.45) is 5.92 Å². The molecule has 2 heterocycles. The van der Waals surface area contributed by atoms with Crippen LogP contribution in [0.4, 0.5) is 0 Å². The molecule has 108 valence electrons. The number of hydrogen-bond donors (Lipinski definition) is 1. The third-order valence-corrected chi connectivity index (χ3v) is 5.32. The van der Waals surface area contributed by atoms with Crippen LogP contribution in [0.5, 0.6) is 0 Å². The number of aryl methyl sites for hydroxylation is 1. The molecular formula is C12H21N3O3S. The normalized spacial score (nSPS) is 21.1. The van der Waals surface area contributed by atoms with Gasteiger partial charge in [0.05, 0.1) is 11.9 Å². The lowest BCUT2D eigenvalue weighted by Gasteiger charge is -2.24. The standard InChI is InChI=1S/C12H21N3O3S/c1-10(9-18-2)19(16,17)14-8-11-3-5-15-6-4-13-12(15)7-11/h4,6,10-11,14H,3,5,7-9H2,1-2H3/t10-,11-/m0/s1. The van der Waals surface area contributed by atoms with Crippen LogP contribution in [0.25, 0.3) is 0 Å². The van der Waals surface area contributed by atoms with Crippen molar-refractivity contribution in [3.8, 4) is 0 Å². The highest BCUT2D eigenvalue weighted by atomic mass is 32.2. The molecule has 1 aliphatic rings. The van der Waals surface area contributed by atoms with Gasteiger partial charge in [-0.3, -0.25) is 0 Å². The van der Waals surface area contributed by atoms with Gasteiger partial charge < -0.3 is 9.30 Å². The minimum absolute atomic E-state index is 0.213. The Labute approximate surface area is 114 Å². The molecule has 6 nitrogen and oxygen atoms in total. The van der Waals surface area contributed by atoms with E-state index in [9.17, 15) is 8.42 Å². The number of methoxy groups -OCH3 is 1. The van der Waals surface area contributed by atoms with Crippen LogP contribution in [0.2, 0.25) is 0 Å². The highest BCUT2D eigenvalue weighted by molar-refractivity contribution is 7.90. The molecule has 0 saturated carbocycles. The number of ether oxygens (including phenoxy) is 1. The number of fused-ring (bicyclic) bond motifs is 1. The molecule has 0 unspecified atom stereocenters. The van der Waals surface area contributed by atoms with Crippen LogP contribution in [-0.4, -0.2) is 43.5 Å². The van der Waals surface area contributed by atoms with Gasteiger partial charge in [0.1, 0.15) is 5.82 Å². The molecule has 0 fully saturated rings. The smallest absolute Gasteiger partial charge is 0.216 e. The SMILES string of the molecule is COC[C@H](C)S(=O)(=O)NC[C@H]1CCn2ccnc2C1. The third kappa shape index (κ3) is 3.55. The Kier molecular flexibility index (Phi) is 4.59. The molecular weight excluding hydrogens is 266 g/mol. The van der Waals surface area contributed by atoms with Gasteiger partial charge in [-0.25, -0.2) is 18.1 Å². The van der Waals surface area contributed by atoms with Crippen molar-refractivity contribution in [2.45, 2.75) is 31.6 Å². The van der Waals surface area contributed by atoms with Crippen molar-refractivity contribution < 1.29 is 13.2 Å². The van der Waals surface area contributed by atoms with Gasteiger partial charge >= 0.3 is 0 Å². The van der Waals surface area contributed by atoms with Gasteiger partial charge in [-0.05, 0) is 19.3 Å². The van der Waals surface area contributed by atoms with Crippen LogP contribution < -0.4 is 4.72 Å². The third-order valence-electron chi connectivity index (χ3n) is 3.56. The zero-order valence-corrected chi connectivity index (χ0v) is 12.2. The molecule has 0 aliphatic carbocycles. The van der Waals surface area contributed by atoms with E-state index in [2.05, 4.69) is 14.3 Å². The van der Waals surface area contributed by atoms with Gasteiger partial charge in [-0.1, -0.05) is 0 Å². The fourth-order valence-electron chi connectivity index (χ4n) is 2.29. The fourth-order valence-corrected chi connectivity index (χ4v) is 3.36. The zero-order chi connectivity index (χ0) is 13.9. The van der Waals surface area contributed by atoms with E-state index in [1.165, 1.54) is 7.11 Å². The van der Waals surface area contributed by atoms with Crippen molar-refractivity contribution in [1.82, 2.24) is 14.3 Å². The summed E-state index contributed by atoms with van der Waals surface area (Å²) in [6.07, 6.45) is 5.57. The topological polar surface area (TPSA) is 73.2 Å². The largest absolute Gasteiger partial charge is 0.383 e. The van der Waals surface area contributed by atoms with E-state index in [1.807, 2.05) is 6.20 Å². The van der Waals surface area contributed by atoms with Crippen LogP contribution >= 0.6 is 0 Å². The molecule has 0 aromatic carbocycles. The van der Waals surface area contributed by atoms with Crippen molar-refractivity contribution >= 4 is 10.0 Å². The van der Waals surface area contributed by atoms with Crippen molar-refractivity contribution in [3.05, 3.63) is 18.2 Å². The highest BCUT2D eigenvalue weighted by Gasteiger charge is 2.24. The molecule has 0 amide bonds. The Balaban J connectivity index is 1.87. The number of sulfonamides is 1. The van der Waals surface area contributed by atoms with Crippen molar-refractivity contribution in [2.75, 3.05) is 20.3 Å². The molecule has 0 bridgehead atoms. The second-order valence-corrected chi connectivity index (χ2v) is 7.24. The fraction of sp³-hybridized carbons (Fsp3) is 0.750. The predicted octanol–water partition coefficient (Wildman–Crippen LogP) is 0.400. The summed E-state index contributed by atoms with van der Waals surface area (Å²) >= 11 is 0. The zero-order valence-electron chi connectivity index (χ0n) is 11.4. The minimum Gasteiger partial charge on any atom is -0.383 e. The van der Waals surface area contributed by atoms with E-state index >= 15 is 0 Å². The number of hydrogen-bond acceptors (Lipinski definition) is 4. The predicted molar refractivity (Wildman–Crippen MR) is 72.3 cm³/mol. The lowest BCUT2D eigenvalue weighted by atomic mass is 9.98. The Bertz CT molecular complexity index is 512. The summed E-state index contributed by atoms with van der Waals surface area (Å²) in [5.41, 5.74) is 0. The lowest BCUT2D eigenvalue weighted by molar-refractivity contribution is 0.200. The second-order valence-electron chi connectivity index (χ2n) is 5.06. The van der Waals surface area contributed by atoms with Crippen LogP contribution in [0.15, 0.2) is 12.4 Å². The monoisotopic (exact) mass is 287 g/mol. The van der Waals surface area contributed by atoms with Crippen LogP contribution in [-0.2, 0) is 27.7 Å². The van der Waals surface area contributed by atoms with Crippen LogP contribution in [0, 0.1) is 5.92 Å². The first-order chi connectivity index (χ1) is 9.03. The molecule has 0 radical (unpaired) electrons. The molecule has 2 atom stereocenters. The minimum atomic E-state index is -3.29. The summed E-state index contributed by atoms with van der Waals surface area (Å²) in [6, 6.07) is 0. The van der Waals surface area contributed by atoms with E-state index in [4.69, 9.17) is 4.74 Å². The van der Waals surface area contributed by atoms with Gasteiger partial charge in [0.2, 0.25) is 10.0 Å². The van der Waals surface area contributed by atoms with Gasteiger partial charge in [0, 0.05) is 39.0 Å². The summed E-state index contributed by atoms with van der Waals surface area (Å²) in [5, 5.41) is -0.525. The van der Waals surface area contributed by atoms with Gasteiger partial charge in [0.25, 0.3) is 0 Å². The average Bonchev–Trinajstić information content (AvgIpc) is 2.84. The molecule has 0 saturated heterocycles. The summed E-state index contributed by atoms with van der Waals surface area (Å²) in [6.45, 7) is 3.25. The number of rotatable bonds is 6. The summed E-state index contributed by atoms with van der Waals surface area (Å²) in [7, 11) is -1.78. The van der Waals surface area contributed by atoms with Crippen molar-refractivity contribution in [3.63, 3.8) is 0 Å². The number of imidazole rings is 1.